The molecule has 2 aromatic rings. The molecule has 0 saturated carbocycles. The van der Waals surface area contributed by atoms with Crippen molar-refractivity contribution in [3.8, 4) is 5.88 Å². The second-order valence-electron chi connectivity index (χ2n) is 5.51. The molecule has 0 unspecified atom stereocenters. The standard InChI is InChI=1S/C15H16F3N3O5S/c1-4-8(2)19-12-13(26-27(23,24)15(16,17)18)21-10-6-5-9(14(22)25-3)7-11(10)20-12/h5-8H,4H2,1-3H3,(H,19,20)/t8-/m0/s1. The number of rotatable bonds is 6. The first kappa shape index (κ1) is 20.7. The molecule has 148 valence electrons. The van der Waals surface area contributed by atoms with Crippen LogP contribution in [-0.4, -0.2) is 43.0 Å². The monoisotopic (exact) mass is 407 g/mol. The molecular formula is C15H16F3N3O5S. The molecule has 0 bridgehead atoms. The van der Waals surface area contributed by atoms with Gasteiger partial charge in [-0.15, -0.1) is 0 Å². The molecule has 0 spiro atoms. The maximum absolute atomic E-state index is 12.6. The molecule has 1 atom stereocenters. The minimum atomic E-state index is -5.93. The number of nitrogens with one attached hydrogen (secondary N) is 1. The largest absolute Gasteiger partial charge is 0.534 e. The summed E-state index contributed by atoms with van der Waals surface area (Å²) in [6, 6.07) is 3.65. The van der Waals surface area contributed by atoms with Gasteiger partial charge >= 0.3 is 21.6 Å². The normalized spacial score (nSPS) is 13.3. The van der Waals surface area contributed by atoms with Crippen LogP contribution < -0.4 is 9.50 Å². The first-order valence-electron chi connectivity index (χ1n) is 7.66. The van der Waals surface area contributed by atoms with Crippen molar-refractivity contribution in [1.82, 2.24) is 9.97 Å². The highest BCUT2D eigenvalue weighted by Gasteiger charge is 2.49. The fraction of sp³-hybridized carbons (Fsp3) is 0.400. The van der Waals surface area contributed by atoms with Gasteiger partial charge in [-0.2, -0.15) is 21.6 Å². The molecule has 0 saturated heterocycles. The lowest BCUT2D eigenvalue weighted by Crippen LogP contribution is -2.29. The number of halogens is 3. The molecule has 1 N–H and O–H groups in total. The highest BCUT2D eigenvalue weighted by molar-refractivity contribution is 7.88. The van der Waals surface area contributed by atoms with E-state index in [-0.39, 0.29) is 28.5 Å². The van der Waals surface area contributed by atoms with Gasteiger partial charge in [0.1, 0.15) is 0 Å². The first-order valence-corrected chi connectivity index (χ1v) is 9.06. The van der Waals surface area contributed by atoms with Crippen molar-refractivity contribution in [1.29, 1.82) is 0 Å². The van der Waals surface area contributed by atoms with E-state index in [1.807, 2.05) is 0 Å². The molecule has 0 aliphatic carbocycles. The minimum Gasteiger partial charge on any atom is -0.465 e. The van der Waals surface area contributed by atoms with E-state index in [0.29, 0.717) is 6.42 Å². The Bertz CT molecular complexity index is 963. The maximum atomic E-state index is 12.6. The Hall–Kier alpha value is -2.63. The smallest absolute Gasteiger partial charge is 0.465 e. The molecule has 27 heavy (non-hydrogen) atoms. The number of alkyl halides is 3. The summed E-state index contributed by atoms with van der Waals surface area (Å²) in [6.07, 6.45) is 0.563. The molecule has 1 heterocycles. The number of methoxy groups -OCH3 is 1. The van der Waals surface area contributed by atoms with Crippen LogP contribution in [0.2, 0.25) is 0 Å². The van der Waals surface area contributed by atoms with Crippen LogP contribution in [0.5, 0.6) is 5.88 Å². The molecule has 0 amide bonds. The fourth-order valence-corrected chi connectivity index (χ4v) is 2.34. The Balaban J connectivity index is 2.60. The summed E-state index contributed by atoms with van der Waals surface area (Å²) in [5.41, 5.74) is -5.30. The summed E-state index contributed by atoms with van der Waals surface area (Å²) in [6.45, 7) is 3.51. The van der Waals surface area contributed by atoms with E-state index in [4.69, 9.17) is 0 Å². The maximum Gasteiger partial charge on any atom is 0.534 e. The number of benzene rings is 1. The van der Waals surface area contributed by atoms with Gasteiger partial charge in [-0.1, -0.05) is 6.92 Å². The first-order chi connectivity index (χ1) is 12.5. The Kier molecular flexibility index (Phi) is 5.78. The lowest BCUT2D eigenvalue weighted by atomic mass is 10.2. The van der Waals surface area contributed by atoms with Crippen LogP contribution in [0.25, 0.3) is 11.0 Å². The molecule has 8 nitrogen and oxygen atoms in total. The lowest BCUT2D eigenvalue weighted by Gasteiger charge is -2.16. The summed E-state index contributed by atoms with van der Waals surface area (Å²) in [7, 11) is -4.74. The second kappa shape index (κ2) is 7.55. The Morgan fingerprint density at radius 1 is 1.26 bits per heavy atom. The Morgan fingerprint density at radius 2 is 1.93 bits per heavy atom. The number of esters is 1. The topological polar surface area (TPSA) is 107 Å². The van der Waals surface area contributed by atoms with Crippen LogP contribution in [0.15, 0.2) is 18.2 Å². The van der Waals surface area contributed by atoms with Crippen molar-refractivity contribution < 1.29 is 35.3 Å². The molecular weight excluding hydrogens is 391 g/mol. The third-order valence-corrected chi connectivity index (χ3v) is 4.47. The predicted molar refractivity (Wildman–Crippen MR) is 89.9 cm³/mol. The van der Waals surface area contributed by atoms with E-state index >= 15 is 0 Å². The molecule has 0 aliphatic rings. The highest BCUT2D eigenvalue weighted by Crippen LogP contribution is 2.31. The van der Waals surface area contributed by atoms with E-state index in [0.717, 1.165) is 0 Å². The van der Waals surface area contributed by atoms with Gasteiger partial charge in [-0.3, -0.25) is 0 Å². The number of anilines is 1. The number of carbonyl (C=O) groups excluding carboxylic acids is 1. The van der Waals surface area contributed by atoms with Crippen molar-refractivity contribution in [2.24, 2.45) is 0 Å². The van der Waals surface area contributed by atoms with Crippen LogP contribution in [0, 0.1) is 0 Å². The number of hydrogen-bond donors (Lipinski definition) is 1. The SMILES string of the molecule is CC[C@H](C)Nc1nc2cc(C(=O)OC)ccc2nc1OS(=O)(=O)C(F)(F)F. The minimum absolute atomic E-state index is 0.0322. The van der Waals surface area contributed by atoms with E-state index < -0.39 is 27.5 Å². The van der Waals surface area contributed by atoms with E-state index in [9.17, 15) is 26.4 Å². The number of carbonyl (C=O) groups is 1. The predicted octanol–water partition coefficient (Wildman–Crippen LogP) is 2.86. The third-order valence-electron chi connectivity index (χ3n) is 3.52. The van der Waals surface area contributed by atoms with Gasteiger partial charge in [0, 0.05) is 6.04 Å². The summed E-state index contributed by atoms with van der Waals surface area (Å²) < 4.78 is 69.4. The van der Waals surface area contributed by atoms with Crippen LogP contribution >= 0.6 is 0 Å². The summed E-state index contributed by atoms with van der Waals surface area (Å²) in [5, 5.41) is 2.74. The van der Waals surface area contributed by atoms with Crippen molar-refractivity contribution in [2.45, 2.75) is 31.8 Å². The average molecular weight is 407 g/mol. The van der Waals surface area contributed by atoms with Gasteiger partial charge in [-0.25, -0.2) is 14.8 Å². The van der Waals surface area contributed by atoms with Crippen LogP contribution in [0.4, 0.5) is 19.0 Å². The number of hydrogen-bond acceptors (Lipinski definition) is 8. The number of nitrogens with zero attached hydrogens (tertiary/aromatic N) is 2. The number of fused-ring (bicyclic) bond motifs is 1. The van der Waals surface area contributed by atoms with E-state index in [1.165, 1.54) is 25.3 Å². The van der Waals surface area contributed by atoms with Gasteiger partial charge < -0.3 is 14.2 Å². The Morgan fingerprint density at radius 3 is 2.48 bits per heavy atom. The van der Waals surface area contributed by atoms with Crippen molar-refractivity contribution in [3.63, 3.8) is 0 Å². The third kappa shape index (κ3) is 4.56. The van der Waals surface area contributed by atoms with Crippen LogP contribution in [0.1, 0.15) is 30.6 Å². The molecule has 2 rings (SSSR count). The van der Waals surface area contributed by atoms with Gasteiger partial charge in [0.25, 0.3) is 5.88 Å². The van der Waals surface area contributed by atoms with Gasteiger partial charge in [0.15, 0.2) is 5.82 Å². The molecule has 12 heteroatoms. The van der Waals surface area contributed by atoms with Crippen LogP contribution in [-0.2, 0) is 14.9 Å². The summed E-state index contributed by atoms with van der Waals surface area (Å²) >= 11 is 0. The highest BCUT2D eigenvalue weighted by atomic mass is 32.2. The van der Waals surface area contributed by atoms with Crippen LogP contribution in [0.3, 0.4) is 0 Å². The average Bonchev–Trinajstić information content (AvgIpc) is 2.59. The molecule has 0 radical (unpaired) electrons. The zero-order valence-electron chi connectivity index (χ0n) is 14.5. The number of aromatic nitrogens is 2. The number of ether oxygens (including phenoxy) is 1. The van der Waals surface area contributed by atoms with Gasteiger partial charge in [0.05, 0.1) is 23.7 Å². The molecule has 1 aromatic heterocycles. The van der Waals surface area contributed by atoms with Gasteiger partial charge in [0.2, 0.25) is 0 Å². The molecule has 0 fully saturated rings. The van der Waals surface area contributed by atoms with E-state index in [2.05, 4.69) is 24.2 Å². The van der Waals surface area contributed by atoms with Gasteiger partial charge in [-0.05, 0) is 31.5 Å². The quantitative estimate of drug-likeness (QED) is 0.443. The Labute approximate surface area is 152 Å². The fourth-order valence-electron chi connectivity index (χ4n) is 1.92. The van der Waals surface area contributed by atoms with E-state index in [1.54, 1.807) is 13.8 Å². The zero-order valence-corrected chi connectivity index (χ0v) is 15.3. The second-order valence-corrected chi connectivity index (χ2v) is 7.05. The summed E-state index contributed by atoms with van der Waals surface area (Å²) in [5.74, 6) is -1.78. The molecule has 1 aromatic carbocycles. The lowest BCUT2D eigenvalue weighted by molar-refractivity contribution is -0.0501. The van der Waals surface area contributed by atoms with Crippen molar-refractivity contribution in [3.05, 3.63) is 23.8 Å². The molecule has 0 aliphatic heterocycles. The van der Waals surface area contributed by atoms with Crippen molar-refractivity contribution in [2.75, 3.05) is 12.4 Å². The zero-order chi connectivity index (χ0) is 20.4. The van der Waals surface area contributed by atoms with Crippen molar-refractivity contribution >= 4 is 32.9 Å². The summed E-state index contributed by atoms with van der Waals surface area (Å²) in [4.78, 5) is 19.5.